The van der Waals surface area contributed by atoms with Gasteiger partial charge >= 0.3 is 0 Å². The Morgan fingerprint density at radius 1 is 1.29 bits per heavy atom. The molecule has 0 aliphatic heterocycles. The second-order valence-corrected chi connectivity index (χ2v) is 3.64. The topological polar surface area (TPSA) is 58.8 Å². The number of aromatic nitrogens is 2. The van der Waals surface area contributed by atoms with Crippen molar-refractivity contribution in [3.05, 3.63) is 41.3 Å². The number of hydrogen-bond acceptors (Lipinski definition) is 4. The van der Waals surface area contributed by atoms with Crippen molar-refractivity contribution in [2.75, 3.05) is 7.11 Å². The Hall–Kier alpha value is -2.12. The van der Waals surface area contributed by atoms with E-state index in [1.54, 1.807) is 31.4 Å². The summed E-state index contributed by atoms with van der Waals surface area (Å²) in [7, 11) is 1.56. The minimum Gasteiger partial charge on any atom is -0.496 e. The molecule has 0 saturated heterocycles. The van der Waals surface area contributed by atoms with Crippen LogP contribution in [0, 0.1) is 11.3 Å². The van der Waals surface area contributed by atoms with E-state index in [4.69, 9.17) is 21.6 Å². The van der Waals surface area contributed by atoms with E-state index in [2.05, 4.69) is 16.0 Å². The molecule has 0 fully saturated rings. The number of rotatable bonds is 2. The van der Waals surface area contributed by atoms with Crippen molar-refractivity contribution < 1.29 is 4.74 Å². The Kier molecular flexibility index (Phi) is 3.22. The van der Waals surface area contributed by atoms with Gasteiger partial charge in [-0.25, -0.2) is 9.97 Å². The average molecular weight is 246 g/mol. The largest absolute Gasteiger partial charge is 0.496 e. The second kappa shape index (κ2) is 4.81. The van der Waals surface area contributed by atoms with Crippen molar-refractivity contribution in [3.63, 3.8) is 0 Å². The maximum atomic E-state index is 8.88. The van der Waals surface area contributed by atoms with Crippen molar-refractivity contribution in [1.82, 2.24) is 9.97 Å². The first-order valence-electron chi connectivity index (χ1n) is 4.80. The summed E-state index contributed by atoms with van der Waals surface area (Å²) in [5.41, 5.74) is 1.88. The van der Waals surface area contributed by atoms with Crippen LogP contribution in [-0.2, 0) is 0 Å². The van der Waals surface area contributed by atoms with Crippen LogP contribution in [0.5, 0.6) is 5.75 Å². The molecule has 0 spiro atoms. The molecule has 0 unspecified atom stereocenters. The number of hydrogen-bond donors (Lipinski definition) is 0. The van der Waals surface area contributed by atoms with E-state index >= 15 is 0 Å². The van der Waals surface area contributed by atoms with Gasteiger partial charge in [0.1, 0.15) is 17.2 Å². The molecule has 0 radical (unpaired) electrons. The van der Waals surface area contributed by atoms with Crippen LogP contribution < -0.4 is 4.74 Å². The Morgan fingerprint density at radius 2 is 2.12 bits per heavy atom. The van der Waals surface area contributed by atoms with Crippen LogP contribution in [0.1, 0.15) is 5.56 Å². The molecule has 0 atom stereocenters. The lowest BCUT2D eigenvalue weighted by Gasteiger charge is -2.07. The van der Waals surface area contributed by atoms with Crippen LogP contribution >= 0.6 is 11.6 Å². The van der Waals surface area contributed by atoms with Crippen molar-refractivity contribution in [3.8, 4) is 23.1 Å². The smallest absolute Gasteiger partial charge is 0.133 e. The van der Waals surface area contributed by atoms with Crippen molar-refractivity contribution in [2.24, 2.45) is 0 Å². The van der Waals surface area contributed by atoms with Crippen molar-refractivity contribution in [2.45, 2.75) is 0 Å². The lowest BCUT2D eigenvalue weighted by molar-refractivity contribution is 0.416. The Bertz CT molecular complexity index is 593. The Balaban J connectivity index is 2.61. The van der Waals surface area contributed by atoms with E-state index in [0.29, 0.717) is 22.2 Å². The summed E-state index contributed by atoms with van der Waals surface area (Å²) in [6.07, 6.45) is 1.37. The first kappa shape index (κ1) is 11.4. The predicted molar refractivity (Wildman–Crippen MR) is 63.7 cm³/mol. The lowest BCUT2D eigenvalue weighted by Crippen LogP contribution is -1.92. The second-order valence-electron chi connectivity index (χ2n) is 3.25. The summed E-state index contributed by atoms with van der Waals surface area (Å²) in [5.74, 6) is 0.638. The standard InChI is InChI=1S/C12H8ClN3O/c1-17-11-3-2-8(6-14)4-9(11)10-5-12(13)16-7-15-10/h2-5,7H,1H3. The fourth-order valence-corrected chi connectivity index (χ4v) is 1.61. The molecule has 0 aliphatic carbocycles. The van der Waals surface area contributed by atoms with Crippen LogP contribution in [0.3, 0.4) is 0 Å². The molecule has 0 bridgehead atoms. The molecule has 4 nitrogen and oxygen atoms in total. The molecule has 84 valence electrons. The first-order chi connectivity index (χ1) is 8.24. The van der Waals surface area contributed by atoms with Crippen LogP contribution in [0.4, 0.5) is 0 Å². The monoisotopic (exact) mass is 245 g/mol. The molecular formula is C12H8ClN3O. The summed E-state index contributed by atoms with van der Waals surface area (Å²) >= 11 is 5.81. The minimum absolute atomic E-state index is 0.347. The third kappa shape index (κ3) is 2.35. The molecule has 1 aromatic carbocycles. The van der Waals surface area contributed by atoms with Crippen LogP contribution in [0.25, 0.3) is 11.3 Å². The van der Waals surface area contributed by atoms with Gasteiger partial charge in [0.2, 0.25) is 0 Å². The lowest BCUT2D eigenvalue weighted by atomic mass is 10.1. The summed E-state index contributed by atoms with van der Waals surface area (Å²) < 4.78 is 5.23. The van der Waals surface area contributed by atoms with E-state index in [-0.39, 0.29) is 0 Å². The SMILES string of the molecule is COc1ccc(C#N)cc1-c1cc(Cl)ncn1. The molecule has 1 heterocycles. The number of ether oxygens (including phenoxy) is 1. The molecule has 2 aromatic rings. The highest BCUT2D eigenvalue weighted by molar-refractivity contribution is 6.29. The number of methoxy groups -OCH3 is 1. The Morgan fingerprint density at radius 3 is 2.76 bits per heavy atom. The van der Waals surface area contributed by atoms with Gasteiger partial charge in [0.05, 0.1) is 24.4 Å². The molecule has 1 aromatic heterocycles. The van der Waals surface area contributed by atoms with Gasteiger partial charge in [-0.2, -0.15) is 5.26 Å². The van der Waals surface area contributed by atoms with Crippen molar-refractivity contribution in [1.29, 1.82) is 5.26 Å². The normalized spacial score (nSPS) is 9.71. The Labute approximate surface area is 103 Å². The van der Waals surface area contributed by atoms with Gasteiger partial charge in [-0.1, -0.05) is 11.6 Å². The number of benzene rings is 1. The van der Waals surface area contributed by atoms with Gasteiger partial charge in [0.25, 0.3) is 0 Å². The van der Waals surface area contributed by atoms with E-state index in [1.807, 2.05) is 0 Å². The predicted octanol–water partition coefficient (Wildman–Crippen LogP) is 2.68. The number of halogens is 1. The van der Waals surface area contributed by atoms with Crippen molar-refractivity contribution >= 4 is 11.6 Å². The highest BCUT2D eigenvalue weighted by Gasteiger charge is 2.09. The highest BCUT2D eigenvalue weighted by Crippen LogP contribution is 2.29. The average Bonchev–Trinajstić information content (AvgIpc) is 2.38. The molecule has 5 heteroatoms. The van der Waals surface area contributed by atoms with Crippen LogP contribution in [0.15, 0.2) is 30.6 Å². The molecule has 0 amide bonds. The van der Waals surface area contributed by atoms with E-state index < -0.39 is 0 Å². The van der Waals surface area contributed by atoms with Gasteiger partial charge in [-0.15, -0.1) is 0 Å². The van der Waals surface area contributed by atoms with Crippen LogP contribution in [0.2, 0.25) is 5.15 Å². The van der Waals surface area contributed by atoms with Gasteiger partial charge in [-0.05, 0) is 18.2 Å². The third-order valence-corrected chi connectivity index (χ3v) is 2.44. The molecule has 0 saturated carbocycles. The van der Waals surface area contributed by atoms with Gasteiger partial charge in [0.15, 0.2) is 0 Å². The van der Waals surface area contributed by atoms with Gasteiger partial charge in [0, 0.05) is 11.6 Å². The van der Waals surface area contributed by atoms with Gasteiger partial charge in [-0.3, -0.25) is 0 Å². The van der Waals surface area contributed by atoms with Crippen LogP contribution in [-0.4, -0.2) is 17.1 Å². The zero-order chi connectivity index (χ0) is 12.3. The zero-order valence-corrected chi connectivity index (χ0v) is 9.77. The number of nitrogens with zero attached hydrogens (tertiary/aromatic N) is 3. The van der Waals surface area contributed by atoms with E-state index in [9.17, 15) is 0 Å². The highest BCUT2D eigenvalue weighted by atomic mass is 35.5. The molecule has 2 rings (SSSR count). The number of nitriles is 1. The molecular weight excluding hydrogens is 238 g/mol. The van der Waals surface area contributed by atoms with E-state index in [0.717, 1.165) is 5.56 Å². The summed E-state index contributed by atoms with van der Waals surface area (Å²) in [6, 6.07) is 8.81. The minimum atomic E-state index is 0.347. The third-order valence-electron chi connectivity index (χ3n) is 2.24. The van der Waals surface area contributed by atoms with E-state index in [1.165, 1.54) is 6.33 Å². The summed E-state index contributed by atoms with van der Waals surface area (Å²) in [5, 5.41) is 9.22. The van der Waals surface area contributed by atoms with Gasteiger partial charge < -0.3 is 4.74 Å². The maximum absolute atomic E-state index is 8.88. The summed E-state index contributed by atoms with van der Waals surface area (Å²) in [6.45, 7) is 0. The molecule has 17 heavy (non-hydrogen) atoms. The fourth-order valence-electron chi connectivity index (χ4n) is 1.46. The maximum Gasteiger partial charge on any atom is 0.133 e. The molecule has 0 aliphatic rings. The molecule has 0 N–H and O–H groups in total. The first-order valence-corrected chi connectivity index (χ1v) is 5.18. The quantitative estimate of drug-likeness (QED) is 0.764. The zero-order valence-electron chi connectivity index (χ0n) is 9.01. The summed E-state index contributed by atoms with van der Waals surface area (Å²) in [4.78, 5) is 7.92. The fraction of sp³-hybridized carbons (Fsp3) is 0.0833.